The van der Waals surface area contributed by atoms with Gasteiger partial charge >= 0.3 is 0 Å². The number of aromatic nitrogens is 2. The van der Waals surface area contributed by atoms with E-state index in [4.69, 9.17) is 9.47 Å². The molecule has 4 rings (SSSR count). The van der Waals surface area contributed by atoms with E-state index in [9.17, 15) is 0 Å². The maximum atomic E-state index is 6.07. The summed E-state index contributed by atoms with van der Waals surface area (Å²) < 4.78 is 11.7. The summed E-state index contributed by atoms with van der Waals surface area (Å²) >= 11 is 0. The highest BCUT2D eigenvalue weighted by Crippen LogP contribution is 2.52. The van der Waals surface area contributed by atoms with Crippen LogP contribution in [0.1, 0.15) is 31.7 Å². The molecule has 5 heteroatoms. The minimum absolute atomic E-state index is 0.0732. The Morgan fingerprint density at radius 1 is 1.21 bits per heavy atom. The molecule has 2 bridgehead atoms. The van der Waals surface area contributed by atoms with Crippen LogP contribution >= 0.6 is 0 Å². The summed E-state index contributed by atoms with van der Waals surface area (Å²) in [5.41, 5.74) is 1.72. The van der Waals surface area contributed by atoms with Crippen molar-refractivity contribution in [3.63, 3.8) is 0 Å². The summed E-state index contributed by atoms with van der Waals surface area (Å²) in [7, 11) is 0. The van der Waals surface area contributed by atoms with Gasteiger partial charge in [-0.15, -0.1) is 0 Å². The molecular weight excluding hydrogens is 302 g/mol. The molecule has 2 aromatic rings. The topological polar surface area (TPSA) is 56.3 Å². The Hall–Kier alpha value is -1.98. The van der Waals surface area contributed by atoms with Gasteiger partial charge in [-0.2, -0.15) is 0 Å². The fraction of sp³-hybridized carbons (Fsp3) is 0.474. The Morgan fingerprint density at radius 2 is 2.08 bits per heavy atom. The van der Waals surface area contributed by atoms with Gasteiger partial charge in [0.1, 0.15) is 5.75 Å². The van der Waals surface area contributed by atoms with Crippen LogP contribution in [0.2, 0.25) is 0 Å². The Bertz CT molecular complexity index is 680. The van der Waals surface area contributed by atoms with Gasteiger partial charge in [0, 0.05) is 25.5 Å². The van der Waals surface area contributed by atoms with Crippen LogP contribution < -0.4 is 10.1 Å². The lowest BCUT2D eigenvalue weighted by Crippen LogP contribution is -2.38. The number of fused-ring (bicyclic) bond motifs is 2. The molecule has 1 aromatic carbocycles. The second-order valence-electron chi connectivity index (χ2n) is 7.35. The highest BCUT2D eigenvalue weighted by atomic mass is 16.5. The number of hydrogen-bond donors (Lipinski definition) is 1. The molecule has 1 N–H and O–H groups in total. The Kier molecular flexibility index (Phi) is 3.98. The zero-order chi connectivity index (χ0) is 16.5. The first-order chi connectivity index (χ1) is 11.6. The fourth-order valence-corrected chi connectivity index (χ4v) is 3.83. The molecule has 24 heavy (non-hydrogen) atoms. The number of benzene rings is 1. The van der Waals surface area contributed by atoms with Gasteiger partial charge in [0.05, 0.1) is 18.4 Å². The SMILES string of the molecule is CC12CCC(CNCc3ccc(Oc4cnccn4)cc3)(C1)OC2. The van der Waals surface area contributed by atoms with Crippen molar-refractivity contribution in [2.45, 2.75) is 38.3 Å². The maximum Gasteiger partial charge on any atom is 0.237 e. The van der Waals surface area contributed by atoms with E-state index >= 15 is 0 Å². The lowest BCUT2D eigenvalue weighted by molar-refractivity contribution is -0.0250. The molecule has 1 saturated heterocycles. The van der Waals surface area contributed by atoms with Crippen molar-refractivity contribution in [3.05, 3.63) is 48.4 Å². The molecule has 1 saturated carbocycles. The summed E-state index contributed by atoms with van der Waals surface area (Å²) in [5.74, 6) is 1.27. The second kappa shape index (κ2) is 6.15. The molecule has 1 aromatic heterocycles. The molecule has 0 amide bonds. The van der Waals surface area contributed by atoms with Crippen molar-refractivity contribution in [3.8, 4) is 11.6 Å². The molecule has 2 aliphatic rings. The molecule has 126 valence electrons. The number of rotatable bonds is 6. The first-order valence-corrected chi connectivity index (χ1v) is 8.52. The summed E-state index contributed by atoms with van der Waals surface area (Å²) in [6.45, 7) is 5.04. The van der Waals surface area contributed by atoms with Crippen LogP contribution in [-0.2, 0) is 11.3 Å². The summed E-state index contributed by atoms with van der Waals surface area (Å²) in [5, 5.41) is 3.56. The highest BCUT2D eigenvalue weighted by molar-refractivity contribution is 5.29. The normalized spacial score (nSPS) is 28.2. The third-order valence-corrected chi connectivity index (χ3v) is 5.12. The van der Waals surface area contributed by atoms with Crippen LogP contribution in [0.3, 0.4) is 0 Å². The molecule has 0 radical (unpaired) electrons. The monoisotopic (exact) mass is 325 g/mol. The van der Waals surface area contributed by atoms with Crippen LogP contribution in [-0.4, -0.2) is 28.7 Å². The molecule has 5 nitrogen and oxygen atoms in total. The molecule has 1 aliphatic heterocycles. The van der Waals surface area contributed by atoms with Crippen LogP contribution in [0.15, 0.2) is 42.9 Å². The molecule has 2 unspecified atom stereocenters. The van der Waals surface area contributed by atoms with E-state index in [2.05, 4.69) is 34.3 Å². The van der Waals surface area contributed by atoms with Gasteiger partial charge in [-0.05, 0) is 42.4 Å². The zero-order valence-electron chi connectivity index (χ0n) is 14.0. The lowest BCUT2D eigenvalue weighted by atomic mass is 9.90. The Balaban J connectivity index is 1.28. The number of nitrogens with one attached hydrogen (secondary N) is 1. The first kappa shape index (κ1) is 15.5. The van der Waals surface area contributed by atoms with Crippen LogP contribution in [0, 0.1) is 5.41 Å². The van der Waals surface area contributed by atoms with E-state index < -0.39 is 0 Å². The van der Waals surface area contributed by atoms with Crippen molar-refractivity contribution < 1.29 is 9.47 Å². The standard InChI is InChI=1S/C19H23N3O2/c1-18-6-7-19(12-18,23-14-18)13-21-10-15-2-4-16(5-3-15)24-17-11-20-8-9-22-17/h2-5,8-9,11,21H,6-7,10,12-14H2,1H3. The van der Waals surface area contributed by atoms with Crippen molar-refractivity contribution >= 4 is 0 Å². The van der Waals surface area contributed by atoms with E-state index in [0.29, 0.717) is 11.3 Å². The predicted molar refractivity (Wildman–Crippen MR) is 90.9 cm³/mol. The van der Waals surface area contributed by atoms with Crippen molar-refractivity contribution in [2.24, 2.45) is 5.41 Å². The number of nitrogens with zero attached hydrogens (tertiary/aromatic N) is 2. The van der Waals surface area contributed by atoms with E-state index in [1.165, 1.54) is 24.8 Å². The third kappa shape index (κ3) is 3.28. The highest BCUT2D eigenvalue weighted by Gasteiger charge is 2.52. The quantitative estimate of drug-likeness (QED) is 0.883. The smallest absolute Gasteiger partial charge is 0.237 e. The van der Waals surface area contributed by atoms with Gasteiger partial charge in [-0.25, -0.2) is 4.98 Å². The molecule has 2 atom stereocenters. The second-order valence-corrected chi connectivity index (χ2v) is 7.35. The van der Waals surface area contributed by atoms with E-state index in [1.54, 1.807) is 18.6 Å². The Morgan fingerprint density at radius 3 is 2.71 bits per heavy atom. The molecular formula is C19H23N3O2. The van der Waals surface area contributed by atoms with Gasteiger partial charge in [-0.3, -0.25) is 4.98 Å². The van der Waals surface area contributed by atoms with E-state index in [1.807, 2.05) is 12.1 Å². The average Bonchev–Trinajstić information content (AvgIpc) is 3.11. The Labute approximate surface area is 142 Å². The van der Waals surface area contributed by atoms with Gasteiger partial charge in [0.25, 0.3) is 0 Å². The summed E-state index contributed by atoms with van der Waals surface area (Å²) in [6, 6.07) is 8.07. The van der Waals surface area contributed by atoms with Gasteiger partial charge < -0.3 is 14.8 Å². The van der Waals surface area contributed by atoms with Crippen molar-refractivity contribution in [1.29, 1.82) is 0 Å². The zero-order valence-corrected chi connectivity index (χ0v) is 14.0. The number of hydrogen-bond acceptors (Lipinski definition) is 5. The average molecular weight is 325 g/mol. The third-order valence-electron chi connectivity index (χ3n) is 5.12. The van der Waals surface area contributed by atoms with Gasteiger partial charge in [0.15, 0.2) is 0 Å². The molecule has 1 aliphatic carbocycles. The molecule has 2 heterocycles. The van der Waals surface area contributed by atoms with Crippen LogP contribution in [0.4, 0.5) is 0 Å². The van der Waals surface area contributed by atoms with E-state index in [0.717, 1.165) is 25.4 Å². The minimum Gasteiger partial charge on any atom is -0.438 e. The van der Waals surface area contributed by atoms with Gasteiger partial charge in [0.2, 0.25) is 5.88 Å². The summed E-state index contributed by atoms with van der Waals surface area (Å²) in [6.07, 6.45) is 8.52. The van der Waals surface area contributed by atoms with Crippen LogP contribution in [0.25, 0.3) is 0 Å². The molecule has 0 spiro atoms. The predicted octanol–water partition coefficient (Wildman–Crippen LogP) is 3.32. The fourth-order valence-electron chi connectivity index (χ4n) is 3.83. The van der Waals surface area contributed by atoms with E-state index in [-0.39, 0.29) is 5.60 Å². The number of ether oxygens (including phenoxy) is 2. The van der Waals surface area contributed by atoms with Gasteiger partial charge in [-0.1, -0.05) is 19.1 Å². The van der Waals surface area contributed by atoms with Crippen molar-refractivity contribution in [1.82, 2.24) is 15.3 Å². The molecule has 2 fully saturated rings. The largest absolute Gasteiger partial charge is 0.438 e. The summed E-state index contributed by atoms with van der Waals surface area (Å²) in [4.78, 5) is 8.10. The lowest BCUT2D eigenvalue weighted by Gasteiger charge is -2.27. The van der Waals surface area contributed by atoms with Crippen LogP contribution in [0.5, 0.6) is 11.6 Å². The minimum atomic E-state index is 0.0732. The first-order valence-electron chi connectivity index (χ1n) is 8.52. The maximum absolute atomic E-state index is 6.07. The van der Waals surface area contributed by atoms with Crippen molar-refractivity contribution in [2.75, 3.05) is 13.2 Å².